The molecule has 0 bridgehead atoms. The van der Waals surface area contributed by atoms with Crippen LogP contribution in [0.2, 0.25) is 10.0 Å². The van der Waals surface area contributed by atoms with Crippen molar-refractivity contribution >= 4 is 62.6 Å². The number of para-hydroxylation sites is 1. The zero-order chi connectivity index (χ0) is 24.8. The van der Waals surface area contributed by atoms with Crippen molar-refractivity contribution in [2.24, 2.45) is 0 Å². The van der Waals surface area contributed by atoms with E-state index in [2.05, 4.69) is 36.8 Å². The van der Waals surface area contributed by atoms with Crippen LogP contribution in [-0.2, 0) is 12.3 Å². The highest BCUT2D eigenvalue weighted by Gasteiger charge is 2.18. The summed E-state index contributed by atoms with van der Waals surface area (Å²) in [5.74, 6) is 1.91. The van der Waals surface area contributed by atoms with Crippen molar-refractivity contribution in [1.29, 1.82) is 0 Å². The second-order valence-electron chi connectivity index (χ2n) is 7.26. The summed E-state index contributed by atoms with van der Waals surface area (Å²) in [6, 6.07) is 19.9. The van der Waals surface area contributed by atoms with Gasteiger partial charge in [-0.05, 0) is 64.0 Å². The van der Waals surface area contributed by atoms with E-state index in [1.165, 1.54) is 11.8 Å². The molecule has 0 saturated heterocycles. The molecule has 0 aliphatic rings. The molecule has 2 amide bonds. The summed E-state index contributed by atoms with van der Waals surface area (Å²) in [5, 5.41) is 15.9. The van der Waals surface area contributed by atoms with Gasteiger partial charge in [0.25, 0.3) is 0 Å². The lowest BCUT2D eigenvalue weighted by atomic mass is 10.2. The first kappa shape index (κ1) is 25.4. The van der Waals surface area contributed by atoms with Gasteiger partial charge >= 0.3 is 6.03 Å². The van der Waals surface area contributed by atoms with Gasteiger partial charge < -0.3 is 15.4 Å². The van der Waals surface area contributed by atoms with Crippen molar-refractivity contribution in [3.8, 4) is 11.4 Å². The second-order valence-corrected chi connectivity index (χ2v) is 9.90. The number of carbonyl (C=O) groups is 1. The maximum Gasteiger partial charge on any atom is 0.319 e. The molecule has 0 spiro atoms. The molecule has 11 heteroatoms. The molecular formula is C24H20BrCl2N5O2S. The standard InChI is InChI=1S/C24H20BrCl2N5O2S/c1-34-17-6-4-5-15(11-17)14-35-24-31-30-22(32(24)21-12-16(26)9-10-19(21)27)13-28-23(33)29-20-8-3-2-7-18(20)25/h2-12H,13-14H2,1H3,(H2,28,29,33). The van der Waals surface area contributed by atoms with Crippen LogP contribution >= 0.6 is 50.9 Å². The molecule has 0 radical (unpaired) electrons. The topological polar surface area (TPSA) is 81.1 Å². The minimum absolute atomic E-state index is 0.117. The van der Waals surface area contributed by atoms with Crippen molar-refractivity contribution in [1.82, 2.24) is 20.1 Å². The van der Waals surface area contributed by atoms with E-state index in [-0.39, 0.29) is 12.6 Å². The number of urea groups is 1. The minimum atomic E-state index is -0.380. The molecule has 2 N–H and O–H groups in total. The fourth-order valence-corrected chi connectivity index (χ4v) is 4.86. The molecule has 35 heavy (non-hydrogen) atoms. The summed E-state index contributed by atoms with van der Waals surface area (Å²) >= 11 is 17.7. The Kier molecular flexibility index (Phi) is 8.56. The van der Waals surface area contributed by atoms with Crippen molar-refractivity contribution < 1.29 is 9.53 Å². The molecule has 1 heterocycles. The van der Waals surface area contributed by atoms with Crippen LogP contribution in [0.5, 0.6) is 5.75 Å². The van der Waals surface area contributed by atoms with Crippen LogP contribution in [0.3, 0.4) is 0 Å². The number of nitrogens with one attached hydrogen (secondary N) is 2. The van der Waals surface area contributed by atoms with Crippen molar-refractivity contribution in [3.05, 3.63) is 92.6 Å². The van der Waals surface area contributed by atoms with E-state index in [9.17, 15) is 4.79 Å². The third-order valence-corrected chi connectivity index (χ3v) is 7.13. The molecule has 4 rings (SSSR count). The predicted molar refractivity (Wildman–Crippen MR) is 144 cm³/mol. The largest absolute Gasteiger partial charge is 0.497 e. The number of aromatic nitrogens is 3. The molecule has 0 aliphatic carbocycles. The van der Waals surface area contributed by atoms with Crippen LogP contribution in [0.4, 0.5) is 10.5 Å². The Morgan fingerprint density at radius 2 is 1.91 bits per heavy atom. The zero-order valence-electron chi connectivity index (χ0n) is 18.5. The van der Waals surface area contributed by atoms with Gasteiger partial charge in [-0.1, -0.05) is 59.2 Å². The maximum absolute atomic E-state index is 12.5. The number of ether oxygens (including phenoxy) is 1. The molecule has 1 aromatic heterocycles. The number of rotatable bonds is 8. The Labute approximate surface area is 225 Å². The Balaban J connectivity index is 1.57. The van der Waals surface area contributed by atoms with Gasteiger partial charge in [0.05, 0.1) is 30.1 Å². The number of carbonyl (C=O) groups excluding carboxylic acids is 1. The Morgan fingerprint density at radius 3 is 2.71 bits per heavy atom. The van der Waals surface area contributed by atoms with Gasteiger partial charge in [0.15, 0.2) is 11.0 Å². The lowest BCUT2D eigenvalue weighted by Crippen LogP contribution is -2.29. The highest BCUT2D eigenvalue weighted by Crippen LogP contribution is 2.31. The molecule has 0 atom stereocenters. The van der Waals surface area contributed by atoms with E-state index in [0.29, 0.717) is 38.2 Å². The number of amides is 2. The Morgan fingerprint density at radius 1 is 1.09 bits per heavy atom. The third kappa shape index (κ3) is 6.49. The smallest absolute Gasteiger partial charge is 0.319 e. The summed E-state index contributed by atoms with van der Waals surface area (Å²) in [5.41, 5.74) is 2.34. The zero-order valence-corrected chi connectivity index (χ0v) is 22.4. The number of benzene rings is 3. The van der Waals surface area contributed by atoms with Crippen LogP contribution in [0.1, 0.15) is 11.4 Å². The maximum atomic E-state index is 12.5. The number of hydrogen-bond donors (Lipinski definition) is 2. The summed E-state index contributed by atoms with van der Waals surface area (Å²) in [6.07, 6.45) is 0. The van der Waals surface area contributed by atoms with Crippen LogP contribution in [0, 0.1) is 0 Å². The monoisotopic (exact) mass is 591 g/mol. The average molecular weight is 593 g/mol. The summed E-state index contributed by atoms with van der Waals surface area (Å²) in [4.78, 5) is 12.5. The lowest BCUT2D eigenvalue weighted by molar-refractivity contribution is 0.251. The highest BCUT2D eigenvalue weighted by molar-refractivity contribution is 9.10. The second kappa shape index (κ2) is 11.8. The van der Waals surface area contributed by atoms with E-state index < -0.39 is 0 Å². The first-order valence-electron chi connectivity index (χ1n) is 10.4. The van der Waals surface area contributed by atoms with E-state index in [1.807, 2.05) is 42.5 Å². The van der Waals surface area contributed by atoms with Crippen LogP contribution < -0.4 is 15.4 Å². The number of thioether (sulfide) groups is 1. The molecule has 7 nitrogen and oxygen atoms in total. The van der Waals surface area contributed by atoms with E-state index in [0.717, 1.165) is 15.8 Å². The molecule has 0 fully saturated rings. The van der Waals surface area contributed by atoms with Gasteiger partial charge in [0.2, 0.25) is 0 Å². The Hall–Kier alpha value is -2.72. The summed E-state index contributed by atoms with van der Waals surface area (Å²) in [7, 11) is 1.63. The average Bonchev–Trinajstić information content (AvgIpc) is 3.27. The molecule has 0 aliphatic heterocycles. The number of nitrogens with zero attached hydrogens (tertiary/aromatic N) is 3. The molecule has 180 valence electrons. The van der Waals surface area contributed by atoms with E-state index in [1.54, 1.807) is 35.9 Å². The van der Waals surface area contributed by atoms with Crippen molar-refractivity contribution in [3.63, 3.8) is 0 Å². The summed E-state index contributed by atoms with van der Waals surface area (Å²) < 4.78 is 7.89. The molecule has 0 saturated carbocycles. The van der Waals surface area contributed by atoms with E-state index >= 15 is 0 Å². The number of methoxy groups -OCH3 is 1. The van der Waals surface area contributed by atoms with Gasteiger partial charge in [0, 0.05) is 15.2 Å². The lowest BCUT2D eigenvalue weighted by Gasteiger charge is -2.13. The first-order chi connectivity index (χ1) is 16.9. The van der Waals surface area contributed by atoms with Gasteiger partial charge in [-0.25, -0.2) is 4.79 Å². The van der Waals surface area contributed by atoms with E-state index in [4.69, 9.17) is 27.9 Å². The fourth-order valence-electron chi connectivity index (χ4n) is 3.21. The molecule has 4 aromatic rings. The highest BCUT2D eigenvalue weighted by atomic mass is 79.9. The number of halogens is 3. The first-order valence-corrected chi connectivity index (χ1v) is 12.9. The normalized spacial score (nSPS) is 10.7. The molecular weight excluding hydrogens is 573 g/mol. The van der Waals surface area contributed by atoms with Gasteiger partial charge in [-0.15, -0.1) is 10.2 Å². The van der Waals surface area contributed by atoms with Gasteiger partial charge in [-0.2, -0.15) is 0 Å². The van der Waals surface area contributed by atoms with Crippen molar-refractivity contribution in [2.75, 3.05) is 12.4 Å². The molecule has 0 unspecified atom stereocenters. The summed E-state index contributed by atoms with van der Waals surface area (Å²) in [6.45, 7) is 0.117. The number of hydrogen-bond acceptors (Lipinski definition) is 5. The minimum Gasteiger partial charge on any atom is -0.497 e. The van der Waals surface area contributed by atoms with Crippen LogP contribution in [0.25, 0.3) is 5.69 Å². The SMILES string of the molecule is COc1cccc(CSc2nnc(CNC(=O)Nc3ccccc3Br)n2-c2cc(Cl)ccc2Cl)c1. The van der Waals surface area contributed by atoms with Crippen molar-refractivity contribution in [2.45, 2.75) is 17.5 Å². The fraction of sp³-hybridized carbons (Fsp3) is 0.125. The molecule has 3 aromatic carbocycles. The number of anilines is 1. The quantitative estimate of drug-likeness (QED) is 0.216. The van der Waals surface area contributed by atoms with Crippen LogP contribution in [0.15, 0.2) is 76.4 Å². The Bertz CT molecular complexity index is 1350. The third-order valence-electron chi connectivity index (χ3n) is 4.88. The van der Waals surface area contributed by atoms with Crippen LogP contribution in [-0.4, -0.2) is 27.9 Å². The predicted octanol–water partition coefficient (Wildman–Crippen LogP) is 6.96. The van der Waals surface area contributed by atoms with Gasteiger partial charge in [0.1, 0.15) is 5.75 Å². The van der Waals surface area contributed by atoms with Gasteiger partial charge in [-0.3, -0.25) is 4.57 Å².